The molecule has 8 heteroatoms. The molecule has 3 aromatic carbocycles. The van der Waals surface area contributed by atoms with E-state index >= 15 is 0 Å². The largest absolute Gasteiger partial charge is 0.369 e. The molecule has 0 radical (unpaired) electrons. The summed E-state index contributed by atoms with van der Waals surface area (Å²) in [6.07, 6.45) is 3.54. The van der Waals surface area contributed by atoms with Gasteiger partial charge in [0.15, 0.2) is 5.82 Å². The Morgan fingerprint density at radius 2 is 1.56 bits per heavy atom. The van der Waals surface area contributed by atoms with E-state index in [0.717, 1.165) is 48.3 Å². The van der Waals surface area contributed by atoms with Gasteiger partial charge >= 0.3 is 0 Å². The molecule has 1 aliphatic rings. The number of piperazine rings is 1. The van der Waals surface area contributed by atoms with Crippen molar-refractivity contribution in [1.29, 1.82) is 0 Å². The monoisotopic (exact) mass is 574 g/mol. The first kappa shape index (κ1) is 28.4. The number of hydrogen-bond donors (Lipinski definition) is 1. The van der Waals surface area contributed by atoms with Crippen molar-refractivity contribution in [1.82, 2.24) is 19.0 Å². The van der Waals surface area contributed by atoms with E-state index in [0.29, 0.717) is 11.3 Å². The molecule has 1 fully saturated rings. The Morgan fingerprint density at radius 1 is 0.860 bits per heavy atom. The standard InChI is InChI=1S/C35H38N6O2/c1-35(2,3)25-11-9-24(10-12-25)33(42)41-18-17-29-28(7-6-8-31(29)41)30-23-39(5)34(43)32(37-30)36-26-13-15-27(16-14-26)40-21-19-38(4)20-22-40/h6-18,23H,19-22H2,1-5H3,(H,36,37). The summed E-state index contributed by atoms with van der Waals surface area (Å²) in [6.45, 7) is 10.5. The highest BCUT2D eigenvalue weighted by Gasteiger charge is 2.19. The predicted molar refractivity (Wildman–Crippen MR) is 175 cm³/mol. The van der Waals surface area contributed by atoms with Crippen molar-refractivity contribution in [2.24, 2.45) is 7.05 Å². The third-order valence-corrected chi connectivity index (χ3v) is 8.30. The number of carbonyl (C=O) groups is 1. The summed E-state index contributed by atoms with van der Waals surface area (Å²) >= 11 is 0. The first-order chi connectivity index (χ1) is 20.6. The zero-order valence-electron chi connectivity index (χ0n) is 25.5. The van der Waals surface area contributed by atoms with Gasteiger partial charge in [0.1, 0.15) is 0 Å². The molecule has 0 bridgehead atoms. The number of nitrogens with zero attached hydrogens (tertiary/aromatic N) is 5. The third-order valence-electron chi connectivity index (χ3n) is 8.30. The molecule has 220 valence electrons. The van der Waals surface area contributed by atoms with Crippen LogP contribution in [0.15, 0.2) is 90.0 Å². The first-order valence-corrected chi connectivity index (χ1v) is 14.7. The van der Waals surface area contributed by atoms with Gasteiger partial charge in [-0.05, 0) is 66.6 Å². The molecule has 0 atom stereocenters. The summed E-state index contributed by atoms with van der Waals surface area (Å²) in [7, 11) is 3.87. The normalized spacial score (nSPS) is 14.3. The second-order valence-electron chi connectivity index (χ2n) is 12.4. The summed E-state index contributed by atoms with van der Waals surface area (Å²) < 4.78 is 3.22. The number of aromatic nitrogens is 3. The Labute approximate surface area is 252 Å². The van der Waals surface area contributed by atoms with E-state index < -0.39 is 0 Å². The Morgan fingerprint density at radius 3 is 2.23 bits per heavy atom. The van der Waals surface area contributed by atoms with E-state index in [2.05, 4.69) is 55.1 Å². The van der Waals surface area contributed by atoms with Crippen LogP contribution in [0.2, 0.25) is 0 Å². The van der Waals surface area contributed by atoms with Crippen molar-refractivity contribution in [2.45, 2.75) is 26.2 Å². The summed E-state index contributed by atoms with van der Waals surface area (Å²) in [5.74, 6) is 0.155. The lowest BCUT2D eigenvalue weighted by atomic mass is 9.87. The fourth-order valence-electron chi connectivity index (χ4n) is 5.59. The molecular weight excluding hydrogens is 536 g/mol. The number of benzene rings is 3. The minimum atomic E-state index is -0.217. The van der Waals surface area contributed by atoms with E-state index in [-0.39, 0.29) is 22.7 Å². The molecule has 0 spiro atoms. The summed E-state index contributed by atoms with van der Waals surface area (Å²) in [5.41, 5.74) is 5.84. The Bertz CT molecular complexity index is 1840. The van der Waals surface area contributed by atoms with Crippen LogP contribution in [0.25, 0.3) is 22.2 Å². The van der Waals surface area contributed by atoms with Crippen LogP contribution >= 0.6 is 0 Å². The number of carbonyl (C=O) groups excluding carboxylic acids is 1. The molecule has 5 aromatic rings. The molecule has 0 amide bonds. The number of nitrogens with one attached hydrogen (secondary N) is 1. The van der Waals surface area contributed by atoms with Crippen molar-refractivity contribution in [3.8, 4) is 11.3 Å². The van der Waals surface area contributed by atoms with E-state index in [9.17, 15) is 9.59 Å². The average molecular weight is 575 g/mol. The number of likely N-dealkylation sites (N-methyl/N-ethyl adjacent to an activating group) is 1. The van der Waals surface area contributed by atoms with Crippen LogP contribution in [-0.4, -0.2) is 58.2 Å². The molecule has 1 N–H and O–H groups in total. The maximum Gasteiger partial charge on any atom is 0.293 e. The van der Waals surface area contributed by atoms with Crippen molar-refractivity contribution in [3.05, 3.63) is 107 Å². The van der Waals surface area contributed by atoms with Crippen LogP contribution in [0.3, 0.4) is 0 Å². The summed E-state index contributed by atoms with van der Waals surface area (Å²) in [4.78, 5) is 36.1. The van der Waals surface area contributed by atoms with Gasteiger partial charge in [-0.25, -0.2) is 4.98 Å². The Balaban J connectivity index is 1.28. The number of aryl methyl sites for hydroxylation is 1. The van der Waals surface area contributed by atoms with Crippen LogP contribution in [0.4, 0.5) is 17.2 Å². The SMILES string of the molecule is CN1CCN(c2ccc(Nc3nc(-c4cccc5c4ccn5C(=O)c4ccc(C(C)(C)C)cc4)cn(C)c3=O)cc2)CC1. The molecular formula is C35H38N6O2. The lowest BCUT2D eigenvalue weighted by Gasteiger charge is -2.34. The molecule has 0 saturated carbocycles. The van der Waals surface area contributed by atoms with Crippen LogP contribution in [-0.2, 0) is 12.5 Å². The lowest BCUT2D eigenvalue weighted by Crippen LogP contribution is -2.44. The average Bonchev–Trinajstić information content (AvgIpc) is 3.44. The van der Waals surface area contributed by atoms with Crippen LogP contribution in [0.5, 0.6) is 0 Å². The maximum absolute atomic E-state index is 13.5. The van der Waals surface area contributed by atoms with Gasteiger partial charge in [-0.3, -0.25) is 14.2 Å². The zero-order valence-corrected chi connectivity index (χ0v) is 25.5. The van der Waals surface area contributed by atoms with Crippen LogP contribution in [0, 0.1) is 0 Å². The van der Waals surface area contributed by atoms with Gasteiger partial charge in [0, 0.05) is 73.5 Å². The molecule has 1 saturated heterocycles. The number of anilines is 3. The second kappa shape index (κ2) is 11.2. The fourth-order valence-corrected chi connectivity index (χ4v) is 5.59. The van der Waals surface area contributed by atoms with E-state index in [1.807, 2.05) is 60.7 Å². The minimum absolute atomic E-state index is 0.0151. The molecule has 2 aromatic heterocycles. The molecule has 1 aliphatic heterocycles. The molecule has 3 heterocycles. The van der Waals surface area contributed by atoms with Crippen LogP contribution < -0.4 is 15.8 Å². The maximum atomic E-state index is 13.5. The number of hydrogen-bond acceptors (Lipinski definition) is 6. The van der Waals surface area contributed by atoms with E-state index in [4.69, 9.17) is 4.98 Å². The Kier molecular flexibility index (Phi) is 7.40. The predicted octanol–water partition coefficient (Wildman–Crippen LogP) is 5.88. The van der Waals surface area contributed by atoms with E-state index in [1.165, 1.54) is 11.3 Å². The summed E-state index contributed by atoms with van der Waals surface area (Å²) in [5, 5.41) is 4.12. The quantitative estimate of drug-likeness (QED) is 0.283. The smallest absolute Gasteiger partial charge is 0.293 e. The Hall–Kier alpha value is -4.69. The highest BCUT2D eigenvalue weighted by atomic mass is 16.2. The zero-order chi connectivity index (χ0) is 30.3. The topological polar surface area (TPSA) is 75.4 Å². The van der Waals surface area contributed by atoms with Crippen LogP contribution in [0.1, 0.15) is 36.7 Å². The van der Waals surface area contributed by atoms with E-state index in [1.54, 1.807) is 28.6 Å². The number of rotatable bonds is 5. The molecule has 6 rings (SSSR count). The highest BCUT2D eigenvalue weighted by molar-refractivity contribution is 6.05. The lowest BCUT2D eigenvalue weighted by molar-refractivity contribution is 0.0965. The number of fused-ring (bicyclic) bond motifs is 1. The fraction of sp³-hybridized carbons (Fsp3) is 0.286. The summed E-state index contributed by atoms with van der Waals surface area (Å²) in [6, 6.07) is 23.7. The van der Waals surface area contributed by atoms with Gasteiger partial charge in [0.2, 0.25) is 0 Å². The van der Waals surface area contributed by atoms with Gasteiger partial charge in [0.25, 0.3) is 11.5 Å². The second-order valence-corrected chi connectivity index (χ2v) is 12.4. The first-order valence-electron chi connectivity index (χ1n) is 14.7. The van der Waals surface area contributed by atoms with Gasteiger partial charge in [0.05, 0.1) is 11.2 Å². The molecule has 0 aliphatic carbocycles. The minimum Gasteiger partial charge on any atom is -0.369 e. The molecule has 0 unspecified atom stereocenters. The van der Waals surface area contributed by atoms with Gasteiger partial charge < -0.3 is 19.7 Å². The van der Waals surface area contributed by atoms with Crippen molar-refractivity contribution < 1.29 is 4.79 Å². The molecule has 43 heavy (non-hydrogen) atoms. The van der Waals surface area contributed by atoms with Crippen molar-refractivity contribution >= 4 is 34.0 Å². The van der Waals surface area contributed by atoms with Crippen molar-refractivity contribution in [3.63, 3.8) is 0 Å². The third kappa shape index (κ3) is 5.70. The molecule has 8 nitrogen and oxygen atoms in total. The van der Waals surface area contributed by atoms with Crippen molar-refractivity contribution in [2.75, 3.05) is 43.4 Å². The van der Waals surface area contributed by atoms with Gasteiger partial charge in [-0.2, -0.15) is 0 Å². The van der Waals surface area contributed by atoms with Gasteiger partial charge in [-0.1, -0.05) is 45.0 Å². The highest BCUT2D eigenvalue weighted by Crippen LogP contribution is 2.30. The van der Waals surface area contributed by atoms with Gasteiger partial charge in [-0.15, -0.1) is 0 Å².